The number of rotatable bonds is 3. The van der Waals surface area contributed by atoms with Gasteiger partial charge in [0.05, 0.1) is 25.2 Å². The Bertz CT molecular complexity index is 403. The molecule has 0 bridgehead atoms. The van der Waals surface area contributed by atoms with Crippen molar-refractivity contribution in [3.05, 3.63) is 29.8 Å². The van der Waals surface area contributed by atoms with E-state index < -0.39 is 0 Å². The number of para-hydroxylation sites is 1. The molecule has 1 fully saturated rings. The third-order valence-electron chi connectivity index (χ3n) is 3.06. The van der Waals surface area contributed by atoms with Crippen molar-refractivity contribution in [3.8, 4) is 11.8 Å². The Morgan fingerprint density at radius 2 is 2.31 bits per heavy atom. The summed E-state index contributed by atoms with van der Waals surface area (Å²) < 4.78 is 10.6. The molecule has 1 unspecified atom stereocenters. The standard InChI is InChI=1S/C13H15NO2/c1-15-12-5-3-2-4-11(12)8-13(9-14)6-7-16-10-13/h2-5H,6-8,10H2,1H3. The summed E-state index contributed by atoms with van der Waals surface area (Å²) in [6, 6.07) is 10.2. The second-order valence-electron chi connectivity index (χ2n) is 4.18. The van der Waals surface area contributed by atoms with Crippen molar-refractivity contribution in [2.24, 2.45) is 5.41 Å². The second kappa shape index (κ2) is 4.54. The van der Waals surface area contributed by atoms with Crippen LogP contribution in [0, 0.1) is 16.7 Å². The molecule has 0 spiro atoms. The molecule has 2 rings (SSSR count). The van der Waals surface area contributed by atoms with Crippen LogP contribution in [0.15, 0.2) is 24.3 Å². The van der Waals surface area contributed by atoms with Crippen LogP contribution < -0.4 is 4.74 Å². The Morgan fingerprint density at radius 1 is 1.50 bits per heavy atom. The lowest BCUT2D eigenvalue weighted by molar-refractivity contribution is 0.171. The topological polar surface area (TPSA) is 42.2 Å². The number of methoxy groups -OCH3 is 1. The van der Waals surface area contributed by atoms with Gasteiger partial charge >= 0.3 is 0 Å². The average molecular weight is 217 g/mol. The Morgan fingerprint density at radius 3 is 2.94 bits per heavy atom. The highest BCUT2D eigenvalue weighted by Crippen LogP contribution is 2.34. The summed E-state index contributed by atoms with van der Waals surface area (Å²) in [5.41, 5.74) is 0.714. The maximum atomic E-state index is 9.27. The summed E-state index contributed by atoms with van der Waals surface area (Å²) in [4.78, 5) is 0. The Hall–Kier alpha value is -1.53. The smallest absolute Gasteiger partial charge is 0.122 e. The van der Waals surface area contributed by atoms with Crippen LogP contribution in [-0.4, -0.2) is 20.3 Å². The third-order valence-corrected chi connectivity index (χ3v) is 3.06. The highest BCUT2D eigenvalue weighted by atomic mass is 16.5. The molecule has 0 saturated carbocycles. The number of hydrogen-bond donors (Lipinski definition) is 0. The summed E-state index contributed by atoms with van der Waals surface area (Å²) in [5.74, 6) is 0.851. The molecule has 1 aromatic carbocycles. The number of ether oxygens (including phenoxy) is 2. The molecule has 0 radical (unpaired) electrons. The van der Waals surface area contributed by atoms with E-state index in [9.17, 15) is 5.26 Å². The van der Waals surface area contributed by atoms with Crippen LogP contribution >= 0.6 is 0 Å². The predicted octanol–water partition coefficient (Wildman–Crippen LogP) is 2.17. The zero-order valence-electron chi connectivity index (χ0n) is 9.40. The quantitative estimate of drug-likeness (QED) is 0.779. The molecule has 1 heterocycles. The van der Waals surface area contributed by atoms with E-state index in [1.807, 2.05) is 24.3 Å². The fourth-order valence-corrected chi connectivity index (χ4v) is 2.09. The minimum absolute atomic E-state index is 0.366. The SMILES string of the molecule is COc1ccccc1CC1(C#N)CCOC1. The van der Waals surface area contributed by atoms with Crippen molar-refractivity contribution in [2.75, 3.05) is 20.3 Å². The lowest BCUT2D eigenvalue weighted by atomic mass is 9.82. The molecule has 0 N–H and O–H groups in total. The highest BCUT2D eigenvalue weighted by molar-refractivity contribution is 5.35. The third kappa shape index (κ3) is 2.02. The van der Waals surface area contributed by atoms with E-state index in [2.05, 4.69) is 6.07 Å². The fourth-order valence-electron chi connectivity index (χ4n) is 2.09. The number of benzene rings is 1. The molecule has 1 saturated heterocycles. The van der Waals surface area contributed by atoms with Crippen molar-refractivity contribution < 1.29 is 9.47 Å². The molecular formula is C13H15NO2. The van der Waals surface area contributed by atoms with Crippen LogP contribution in [0.1, 0.15) is 12.0 Å². The highest BCUT2D eigenvalue weighted by Gasteiger charge is 2.35. The van der Waals surface area contributed by atoms with Gasteiger partial charge in [-0.2, -0.15) is 5.26 Å². The van der Waals surface area contributed by atoms with Gasteiger partial charge in [-0.05, 0) is 24.5 Å². The molecule has 0 aliphatic carbocycles. The first-order valence-electron chi connectivity index (χ1n) is 5.40. The Labute approximate surface area is 95.6 Å². The van der Waals surface area contributed by atoms with Gasteiger partial charge < -0.3 is 9.47 Å². The van der Waals surface area contributed by atoms with E-state index >= 15 is 0 Å². The van der Waals surface area contributed by atoms with Crippen molar-refractivity contribution in [3.63, 3.8) is 0 Å². The average Bonchev–Trinajstić information content (AvgIpc) is 2.79. The van der Waals surface area contributed by atoms with Crippen molar-refractivity contribution in [1.82, 2.24) is 0 Å². The fraction of sp³-hybridized carbons (Fsp3) is 0.462. The van der Waals surface area contributed by atoms with Gasteiger partial charge in [-0.3, -0.25) is 0 Å². The molecule has 1 atom stereocenters. The molecule has 0 aromatic heterocycles. The monoisotopic (exact) mass is 217 g/mol. The maximum absolute atomic E-state index is 9.27. The lowest BCUT2D eigenvalue weighted by Crippen LogP contribution is -2.22. The molecule has 1 aromatic rings. The first-order valence-corrected chi connectivity index (χ1v) is 5.40. The Balaban J connectivity index is 2.23. The van der Waals surface area contributed by atoms with Gasteiger partial charge in [0.25, 0.3) is 0 Å². The van der Waals surface area contributed by atoms with Gasteiger partial charge in [0.15, 0.2) is 0 Å². The molecule has 16 heavy (non-hydrogen) atoms. The summed E-state index contributed by atoms with van der Waals surface area (Å²) in [6.07, 6.45) is 1.51. The van der Waals surface area contributed by atoms with Crippen LogP contribution in [0.2, 0.25) is 0 Å². The van der Waals surface area contributed by atoms with Crippen LogP contribution in [0.3, 0.4) is 0 Å². The molecule has 3 nitrogen and oxygen atoms in total. The molecule has 1 aliphatic heterocycles. The van der Waals surface area contributed by atoms with E-state index in [4.69, 9.17) is 9.47 Å². The van der Waals surface area contributed by atoms with E-state index in [-0.39, 0.29) is 5.41 Å². The lowest BCUT2D eigenvalue weighted by Gasteiger charge is -2.19. The van der Waals surface area contributed by atoms with E-state index in [1.54, 1.807) is 7.11 Å². The summed E-state index contributed by atoms with van der Waals surface area (Å²) in [7, 11) is 1.66. The zero-order valence-corrected chi connectivity index (χ0v) is 9.40. The normalized spacial score (nSPS) is 24.0. The number of nitriles is 1. The molecular weight excluding hydrogens is 202 g/mol. The first kappa shape index (κ1) is 11.0. The van der Waals surface area contributed by atoms with Crippen LogP contribution in [0.25, 0.3) is 0 Å². The van der Waals surface area contributed by atoms with Crippen molar-refractivity contribution >= 4 is 0 Å². The largest absolute Gasteiger partial charge is 0.496 e. The summed E-state index contributed by atoms with van der Waals surface area (Å²) in [5, 5.41) is 9.27. The second-order valence-corrected chi connectivity index (χ2v) is 4.18. The summed E-state index contributed by atoms with van der Waals surface area (Å²) >= 11 is 0. The van der Waals surface area contributed by atoms with E-state index in [1.165, 1.54) is 0 Å². The maximum Gasteiger partial charge on any atom is 0.122 e. The first-order chi connectivity index (χ1) is 7.79. The van der Waals surface area contributed by atoms with E-state index in [0.29, 0.717) is 19.6 Å². The van der Waals surface area contributed by atoms with Crippen LogP contribution in [0.5, 0.6) is 5.75 Å². The van der Waals surface area contributed by atoms with Gasteiger partial charge in [-0.15, -0.1) is 0 Å². The molecule has 3 heteroatoms. The predicted molar refractivity (Wildman–Crippen MR) is 60.2 cm³/mol. The van der Waals surface area contributed by atoms with Gasteiger partial charge in [-0.1, -0.05) is 18.2 Å². The molecule has 84 valence electrons. The molecule has 0 amide bonds. The van der Waals surface area contributed by atoms with Gasteiger partial charge in [0.2, 0.25) is 0 Å². The van der Waals surface area contributed by atoms with Crippen LogP contribution in [-0.2, 0) is 11.2 Å². The number of nitrogens with zero attached hydrogens (tertiary/aromatic N) is 1. The van der Waals surface area contributed by atoms with Gasteiger partial charge in [-0.25, -0.2) is 0 Å². The summed E-state index contributed by atoms with van der Waals surface area (Å²) in [6.45, 7) is 1.21. The zero-order chi connectivity index (χ0) is 11.4. The minimum Gasteiger partial charge on any atom is -0.496 e. The Kier molecular flexibility index (Phi) is 3.12. The van der Waals surface area contributed by atoms with Crippen molar-refractivity contribution in [2.45, 2.75) is 12.8 Å². The van der Waals surface area contributed by atoms with Crippen LogP contribution in [0.4, 0.5) is 0 Å². The minimum atomic E-state index is -0.366. The van der Waals surface area contributed by atoms with Gasteiger partial charge in [0, 0.05) is 6.61 Å². The molecule has 1 aliphatic rings. The van der Waals surface area contributed by atoms with E-state index in [0.717, 1.165) is 17.7 Å². The van der Waals surface area contributed by atoms with Crippen molar-refractivity contribution in [1.29, 1.82) is 5.26 Å². The van der Waals surface area contributed by atoms with Gasteiger partial charge in [0.1, 0.15) is 5.75 Å². The number of hydrogen-bond acceptors (Lipinski definition) is 3.